The van der Waals surface area contributed by atoms with Crippen LogP contribution in [-0.4, -0.2) is 35.1 Å². The lowest BCUT2D eigenvalue weighted by Gasteiger charge is -2.20. The van der Waals surface area contributed by atoms with E-state index in [0.717, 1.165) is 25.0 Å². The van der Waals surface area contributed by atoms with Crippen molar-refractivity contribution in [2.24, 2.45) is 4.99 Å². The van der Waals surface area contributed by atoms with Gasteiger partial charge >= 0.3 is 0 Å². The van der Waals surface area contributed by atoms with Crippen LogP contribution in [0, 0.1) is 0 Å². The molecule has 1 saturated heterocycles. The maximum atomic E-state index is 5.30. The minimum absolute atomic E-state index is 0.767. The van der Waals surface area contributed by atoms with E-state index in [1.807, 2.05) is 23.5 Å². The highest BCUT2D eigenvalue weighted by molar-refractivity contribution is 8.39. The lowest BCUT2D eigenvalue weighted by atomic mass is 10.2. The van der Waals surface area contributed by atoms with Gasteiger partial charge in [0.2, 0.25) is 0 Å². The first-order valence-corrected chi connectivity index (χ1v) is 6.23. The Morgan fingerprint density at radius 1 is 1.42 bits per heavy atom. The third kappa shape index (κ3) is 2.41. The lowest BCUT2D eigenvalue weighted by molar-refractivity contribution is 0.100. The maximum Gasteiger partial charge on any atom is 0.124 e. The first kappa shape index (κ1) is 8.91. The second kappa shape index (κ2) is 4.53. The molecule has 0 aromatic carbocycles. The van der Waals surface area contributed by atoms with Crippen LogP contribution in [-0.2, 0) is 4.74 Å². The number of nitrogens with zero attached hydrogens (tertiary/aromatic N) is 1. The van der Waals surface area contributed by atoms with Gasteiger partial charge in [0.1, 0.15) is 4.38 Å². The summed E-state index contributed by atoms with van der Waals surface area (Å²) in [7, 11) is 0. The van der Waals surface area contributed by atoms with Crippen molar-refractivity contribution in [1.29, 1.82) is 0 Å². The zero-order valence-electron chi connectivity index (χ0n) is 6.99. The molecule has 2 aliphatic rings. The highest BCUT2D eigenvalue weighted by Gasteiger charge is 2.18. The predicted octanol–water partition coefficient (Wildman–Crippen LogP) is 2.00. The van der Waals surface area contributed by atoms with Crippen molar-refractivity contribution in [3.8, 4) is 0 Å². The van der Waals surface area contributed by atoms with Gasteiger partial charge in [-0.25, -0.2) is 0 Å². The molecular formula is C8H13NOS2. The molecule has 0 aliphatic carbocycles. The number of rotatable bonds is 1. The summed E-state index contributed by atoms with van der Waals surface area (Å²) < 4.78 is 6.61. The Morgan fingerprint density at radius 2 is 2.25 bits per heavy atom. The van der Waals surface area contributed by atoms with Gasteiger partial charge in [-0.1, -0.05) is 23.5 Å². The van der Waals surface area contributed by atoms with E-state index < -0.39 is 0 Å². The predicted molar refractivity (Wildman–Crippen MR) is 56.2 cm³/mol. The fourth-order valence-electron chi connectivity index (χ4n) is 1.32. The summed E-state index contributed by atoms with van der Waals surface area (Å²) in [5, 5.41) is 0.767. The third-order valence-corrected chi connectivity index (χ3v) is 4.53. The minimum Gasteiger partial charge on any atom is -0.381 e. The molecule has 0 atom stereocenters. The molecule has 0 unspecified atom stereocenters. The van der Waals surface area contributed by atoms with Crippen molar-refractivity contribution in [2.75, 3.05) is 25.5 Å². The fourth-order valence-corrected chi connectivity index (χ4v) is 3.67. The number of hydrogen-bond donors (Lipinski definition) is 0. The minimum atomic E-state index is 0.767. The van der Waals surface area contributed by atoms with Gasteiger partial charge in [0.05, 0.1) is 6.54 Å². The first-order chi connectivity index (χ1) is 5.95. The van der Waals surface area contributed by atoms with Crippen LogP contribution in [0.15, 0.2) is 4.99 Å². The molecule has 2 heterocycles. The average Bonchev–Trinajstić information content (AvgIpc) is 2.59. The van der Waals surface area contributed by atoms with Crippen LogP contribution >= 0.6 is 23.5 Å². The standard InChI is InChI=1S/C8H13NOS2/c1-4-10-5-2-7(1)12-8-9-3-6-11-8/h7H,1-6H2. The molecule has 68 valence electrons. The quantitative estimate of drug-likeness (QED) is 0.650. The first-order valence-electron chi connectivity index (χ1n) is 4.37. The largest absolute Gasteiger partial charge is 0.381 e. The van der Waals surface area contributed by atoms with Crippen LogP contribution in [0.2, 0.25) is 0 Å². The summed E-state index contributed by atoms with van der Waals surface area (Å²) in [4.78, 5) is 4.43. The van der Waals surface area contributed by atoms with E-state index in [4.69, 9.17) is 4.74 Å². The molecule has 0 spiro atoms. The zero-order chi connectivity index (χ0) is 8.23. The van der Waals surface area contributed by atoms with E-state index in [9.17, 15) is 0 Å². The van der Waals surface area contributed by atoms with Gasteiger partial charge in [-0.2, -0.15) is 0 Å². The van der Waals surface area contributed by atoms with Gasteiger partial charge in [0, 0.05) is 24.2 Å². The Morgan fingerprint density at radius 3 is 2.92 bits per heavy atom. The highest BCUT2D eigenvalue weighted by Crippen LogP contribution is 2.30. The smallest absolute Gasteiger partial charge is 0.124 e. The van der Waals surface area contributed by atoms with Crippen molar-refractivity contribution >= 4 is 27.9 Å². The monoisotopic (exact) mass is 203 g/mol. The van der Waals surface area contributed by atoms with Crippen molar-refractivity contribution in [1.82, 2.24) is 0 Å². The van der Waals surface area contributed by atoms with Crippen molar-refractivity contribution < 1.29 is 4.74 Å². The normalized spacial score (nSPS) is 25.8. The van der Waals surface area contributed by atoms with E-state index in [0.29, 0.717) is 0 Å². The Balaban J connectivity index is 1.77. The topological polar surface area (TPSA) is 21.6 Å². The molecule has 0 radical (unpaired) electrons. The summed E-state index contributed by atoms with van der Waals surface area (Å²) in [6.07, 6.45) is 2.40. The van der Waals surface area contributed by atoms with Gasteiger partial charge in [0.25, 0.3) is 0 Å². The molecule has 0 N–H and O–H groups in total. The second-order valence-corrected chi connectivity index (χ2v) is 5.56. The van der Waals surface area contributed by atoms with Gasteiger partial charge in [-0.15, -0.1) is 0 Å². The van der Waals surface area contributed by atoms with E-state index in [-0.39, 0.29) is 0 Å². The van der Waals surface area contributed by atoms with E-state index >= 15 is 0 Å². The molecule has 0 saturated carbocycles. The Labute approximate surface area is 81.5 Å². The molecule has 2 nitrogen and oxygen atoms in total. The summed E-state index contributed by atoms with van der Waals surface area (Å²) in [6.45, 7) is 2.90. The zero-order valence-corrected chi connectivity index (χ0v) is 8.62. The summed E-state index contributed by atoms with van der Waals surface area (Å²) in [6, 6.07) is 0. The molecule has 2 rings (SSSR count). The molecule has 0 amide bonds. The van der Waals surface area contributed by atoms with Crippen LogP contribution in [0.1, 0.15) is 12.8 Å². The van der Waals surface area contributed by atoms with Crippen LogP contribution in [0.4, 0.5) is 0 Å². The summed E-state index contributed by atoms with van der Waals surface area (Å²) in [5.74, 6) is 1.19. The van der Waals surface area contributed by atoms with E-state index in [2.05, 4.69) is 4.99 Å². The number of ether oxygens (including phenoxy) is 1. The average molecular weight is 203 g/mol. The van der Waals surface area contributed by atoms with Crippen LogP contribution in [0.3, 0.4) is 0 Å². The molecular weight excluding hydrogens is 190 g/mol. The molecule has 0 bridgehead atoms. The Kier molecular flexibility index (Phi) is 3.37. The van der Waals surface area contributed by atoms with Crippen LogP contribution in [0.25, 0.3) is 0 Å². The number of thioether (sulfide) groups is 2. The van der Waals surface area contributed by atoms with Gasteiger partial charge in [-0.3, -0.25) is 4.99 Å². The molecule has 0 aromatic rings. The fraction of sp³-hybridized carbons (Fsp3) is 0.875. The number of aliphatic imine (C=N–C) groups is 1. The van der Waals surface area contributed by atoms with Gasteiger partial charge in [0.15, 0.2) is 0 Å². The SMILES string of the molecule is C1CSC(SC2CCOCC2)=N1. The number of hydrogen-bond acceptors (Lipinski definition) is 4. The van der Waals surface area contributed by atoms with E-state index in [1.54, 1.807) is 0 Å². The second-order valence-electron chi connectivity index (χ2n) is 2.93. The molecule has 1 fully saturated rings. The molecule has 4 heteroatoms. The van der Waals surface area contributed by atoms with E-state index in [1.165, 1.54) is 23.0 Å². The van der Waals surface area contributed by atoms with Gasteiger partial charge in [-0.05, 0) is 12.8 Å². The Bertz CT molecular complexity index is 178. The summed E-state index contributed by atoms with van der Waals surface area (Å²) >= 11 is 3.87. The molecule has 12 heavy (non-hydrogen) atoms. The Hall–Kier alpha value is 0.330. The molecule has 0 aromatic heterocycles. The van der Waals surface area contributed by atoms with Gasteiger partial charge < -0.3 is 4.74 Å². The lowest BCUT2D eigenvalue weighted by Crippen LogP contribution is -2.18. The third-order valence-electron chi connectivity index (χ3n) is 1.99. The highest BCUT2D eigenvalue weighted by atomic mass is 32.2. The van der Waals surface area contributed by atoms with Crippen molar-refractivity contribution in [3.63, 3.8) is 0 Å². The summed E-state index contributed by atoms with van der Waals surface area (Å²) in [5.41, 5.74) is 0. The van der Waals surface area contributed by atoms with Crippen molar-refractivity contribution in [3.05, 3.63) is 0 Å². The van der Waals surface area contributed by atoms with Crippen molar-refractivity contribution in [2.45, 2.75) is 18.1 Å². The van der Waals surface area contributed by atoms with Crippen LogP contribution < -0.4 is 0 Å². The van der Waals surface area contributed by atoms with Crippen LogP contribution in [0.5, 0.6) is 0 Å². The maximum absolute atomic E-state index is 5.30. The molecule has 2 aliphatic heterocycles.